The van der Waals surface area contributed by atoms with Gasteiger partial charge in [-0.1, -0.05) is 12.1 Å². The highest BCUT2D eigenvalue weighted by Gasteiger charge is 2.21. The van der Waals surface area contributed by atoms with Gasteiger partial charge in [0.1, 0.15) is 16.9 Å². The van der Waals surface area contributed by atoms with Gasteiger partial charge < -0.3 is 15.3 Å². The van der Waals surface area contributed by atoms with Crippen molar-refractivity contribution in [3.63, 3.8) is 0 Å². The average Bonchev–Trinajstić information content (AvgIpc) is 2.17. The fraction of sp³-hybridized carbons (Fsp3) is 0.0909. The normalized spacial score (nSPS) is 9.75. The summed E-state index contributed by atoms with van der Waals surface area (Å²) in [6.45, 7) is 3.45. The highest BCUT2D eigenvalue weighted by Crippen LogP contribution is 2.26. The highest BCUT2D eigenvalue weighted by molar-refractivity contribution is 5.99. The molecule has 0 unspecified atom stereocenters. The van der Waals surface area contributed by atoms with E-state index in [9.17, 15) is 14.7 Å². The van der Waals surface area contributed by atoms with Gasteiger partial charge in [0.2, 0.25) is 0 Å². The Kier molecular flexibility index (Phi) is 3.30. The van der Waals surface area contributed by atoms with Crippen LogP contribution in [0.2, 0.25) is 0 Å². The Hall–Kier alpha value is -2.30. The predicted molar refractivity (Wildman–Crippen MR) is 55.9 cm³/mol. The van der Waals surface area contributed by atoms with Gasteiger partial charge in [-0.15, -0.1) is 6.58 Å². The summed E-state index contributed by atoms with van der Waals surface area (Å²) in [6, 6.07) is 2.53. The van der Waals surface area contributed by atoms with Crippen molar-refractivity contribution in [1.82, 2.24) is 0 Å². The molecule has 0 atom stereocenters. The molecule has 0 aliphatic carbocycles. The van der Waals surface area contributed by atoms with Crippen LogP contribution in [0, 0.1) is 0 Å². The maximum atomic E-state index is 10.9. The van der Waals surface area contributed by atoms with E-state index in [1.807, 2.05) is 0 Å². The second-order valence-corrected chi connectivity index (χ2v) is 3.10. The molecule has 5 heteroatoms. The van der Waals surface area contributed by atoms with Crippen LogP contribution >= 0.6 is 0 Å². The van der Waals surface area contributed by atoms with E-state index >= 15 is 0 Å². The van der Waals surface area contributed by atoms with E-state index in [0.29, 0.717) is 5.56 Å². The van der Waals surface area contributed by atoms with E-state index in [0.717, 1.165) is 0 Å². The number of hydrogen-bond acceptors (Lipinski definition) is 3. The second-order valence-electron chi connectivity index (χ2n) is 3.10. The van der Waals surface area contributed by atoms with Crippen LogP contribution in [0.4, 0.5) is 0 Å². The third kappa shape index (κ3) is 2.03. The van der Waals surface area contributed by atoms with Crippen LogP contribution in [0.1, 0.15) is 26.3 Å². The summed E-state index contributed by atoms with van der Waals surface area (Å²) in [7, 11) is 0. The van der Waals surface area contributed by atoms with Crippen LogP contribution in [0.5, 0.6) is 5.75 Å². The Morgan fingerprint density at radius 3 is 2.31 bits per heavy atom. The van der Waals surface area contributed by atoms with Crippen molar-refractivity contribution in [2.75, 3.05) is 0 Å². The summed E-state index contributed by atoms with van der Waals surface area (Å²) in [6.07, 6.45) is 1.72. The highest BCUT2D eigenvalue weighted by atomic mass is 16.4. The third-order valence-electron chi connectivity index (χ3n) is 2.07. The first-order chi connectivity index (χ1) is 7.49. The number of aromatic hydroxyl groups is 1. The van der Waals surface area contributed by atoms with Gasteiger partial charge >= 0.3 is 11.9 Å². The maximum absolute atomic E-state index is 10.9. The molecule has 0 radical (unpaired) electrons. The van der Waals surface area contributed by atoms with Crippen LogP contribution in [-0.2, 0) is 6.42 Å². The lowest BCUT2D eigenvalue weighted by Crippen LogP contribution is -2.07. The fourth-order valence-corrected chi connectivity index (χ4v) is 1.37. The maximum Gasteiger partial charge on any atom is 0.339 e. The van der Waals surface area contributed by atoms with Gasteiger partial charge in [0.25, 0.3) is 0 Å². The first-order valence-corrected chi connectivity index (χ1v) is 4.41. The summed E-state index contributed by atoms with van der Waals surface area (Å²) < 4.78 is 0. The first-order valence-electron chi connectivity index (χ1n) is 4.41. The number of carboxylic acid groups (broad SMARTS) is 2. The molecule has 16 heavy (non-hydrogen) atoms. The molecule has 0 saturated heterocycles. The summed E-state index contributed by atoms with van der Waals surface area (Å²) in [5.74, 6) is -3.46. The smallest absolute Gasteiger partial charge is 0.339 e. The van der Waals surface area contributed by atoms with Gasteiger partial charge in [-0.05, 0) is 18.1 Å². The fourth-order valence-electron chi connectivity index (χ4n) is 1.37. The van der Waals surface area contributed by atoms with Crippen LogP contribution in [0.3, 0.4) is 0 Å². The largest absolute Gasteiger partial charge is 0.506 e. The predicted octanol–water partition coefficient (Wildman–Crippen LogP) is 1.52. The lowest BCUT2D eigenvalue weighted by molar-refractivity contribution is 0.0691. The number of allylic oxidation sites excluding steroid dienone is 1. The molecule has 0 saturated carbocycles. The number of aromatic carboxylic acids is 2. The van der Waals surface area contributed by atoms with Crippen molar-refractivity contribution in [1.29, 1.82) is 0 Å². The molecule has 0 bridgehead atoms. The van der Waals surface area contributed by atoms with E-state index in [1.165, 1.54) is 18.2 Å². The first kappa shape index (κ1) is 11.8. The molecule has 0 aliphatic heterocycles. The van der Waals surface area contributed by atoms with E-state index in [2.05, 4.69) is 6.58 Å². The molecule has 0 amide bonds. The number of phenols is 1. The number of carbonyl (C=O) groups is 2. The van der Waals surface area contributed by atoms with Gasteiger partial charge in [-0.3, -0.25) is 0 Å². The minimum Gasteiger partial charge on any atom is -0.506 e. The Morgan fingerprint density at radius 1 is 1.25 bits per heavy atom. The standard InChI is InChI=1S/C11H10O5/c1-2-3-6-4-5-7(10(13)14)9(12)8(6)11(15)16/h2,4-5,12H,1,3H2,(H,13,14)(H,15,16). The van der Waals surface area contributed by atoms with E-state index in [1.54, 1.807) is 0 Å². The molecular weight excluding hydrogens is 212 g/mol. The number of hydrogen-bond donors (Lipinski definition) is 3. The Balaban J connectivity index is 3.47. The lowest BCUT2D eigenvalue weighted by Gasteiger charge is -2.08. The summed E-state index contributed by atoms with van der Waals surface area (Å²) in [5, 5.41) is 27.2. The molecule has 1 aromatic rings. The molecular formula is C11H10O5. The zero-order valence-corrected chi connectivity index (χ0v) is 8.30. The molecule has 1 rings (SSSR count). The molecule has 0 fully saturated rings. The van der Waals surface area contributed by atoms with Crippen molar-refractivity contribution < 1.29 is 24.9 Å². The minimum atomic E-state index is -1.37. The Labute approximate surface area is 91.3 Å². The van der Waals surface area contributed by atoms with Crippen molar-refractivity contribution >= 4 is 11.9 Å². The molecule has 0 aromatic heterocycles. The topological polar surface area (TPSA) is 94.8 Å². The third-order valence-corrected chi connectivity index (χ3v) is 2.07. The van der Waals surface area contributed by atoms with Gasteiger partial charge in [-0.25, -0.2) is 9.59 Å². The molecule has 0 aliphatic rings. The van der Waals surface area contributed by atoms with Gasteiger partial charge in [0.15, 0.2) is 0 Å². The van der Waals surface area contributed by atoms with Crippen LogP contribution in [-0.4, -0.2) is 27.3 Å². The van der Waals surface area contributed by atoms with Crippen LogP contribution in [0.25, 0.3) is 0 Å². The van der Waals surface area contributed by atoms with Crippen molar-refractivity contribution in [2.45, 2.75) is 6.42 Å². The monoisotopic (exact) mass is 222 g/mol. The molecule has 0 spiro atoms. The van der Waals surface area contributed by atoms with Gasteiger partial charge in [-0.2, -0.15) is 0 Å². The number of benzene rings is 1. The second kappa shape index (κ2) is 4.48. The quantitative estimate of drug-likeness (QED) is 0.671. The van der Waals surface area contributed by atoms with E-state index in [4.69, 9.17) is 10.2 Å². The Bertz CT molecular complexity index is 462. The minimum absolute atomic E-state index is 0.245. The zero-order chi connectivity index (χ0) is 12.3. The SMILES string of the molecule is C=CCc1ccc(C(=O)O)c(O)c1C(=O)O. The molecule has 0 heterocycles. The van der Waals surface area contributed by atoms with E-state index in [-0.39, 0.29) is 12.0 Å². The zero-order valence-electron chi connectivity index (χ0n) is 8.30. The average molecular weight is 222 g/mol. The van der Waals surface area contributed by atoms with Crippen molar-refractivity contribution in [3.05, 3.63) is 41.5 Å². The molecule has 84 valence electrons. The summed E-state index contributed by atoms with van der Waals surface area (Å²) >= 11 is 0. The van der Waals surface area contributed by atoms with Crippen LogP contribution < -0.4 is 0 Å². The van der Waals surface area contributed by atoms with Crippen LogP contribution in [0.15, 0.2) is 24.8 Å². The molecule has 3 N–H and O–H groups in total. The molecule has 1 aromatic carbocycles. The van der Waals surface area contributed by atoms with E-state index < -0.39 is 23.3 Å². The number of carboxylic acids is 2. The van der Waals surface area contributed by atoms with Gasteiger partial charge in [0.05, 0.1) is 0 Å². The summed E-state index contributed by atoms with van der Waals surface area (Å²) in [4.78, 5) is 21.6. The Morgan fingerprint density at radius 2 is 1.88 bits per heavy atom. The lowest BCUT2D eigenvalue weighted by atomic mass is 10.00. The van der Waals surface area contributed by atoms with Crippen molar-refractivity contribution in [2.24, 2.45) is 0 Å². The summed E-state index contributed by atoms with van der Waals surface area (Å²) in [5.41, 5.74) is -0.491. The number of rotatable bonds is 4. The molecule has 5 nitrogen and oxygen atoms in total. The van der Waals surface area contributed by atoms with Crippen molar-refractivity contribution in [3.8, 4) is 5.75 Å². The van der Waals surface area contributed by atoms with Gasteiger partial charge in [0, 0.05) is 0 Å².